The quantitative estimate of drug-likeness (QED) is 0.865. The highest BCUT2D eigenvalue weighted by Crippen LogP contribution is 2.20. The summed E-state index contributed by atoms with van der Waals surface area (Å²) in [7, 11) is -2.02. The van der Waals surface area contributed by atoms with Crippen LogP contribution in [0.2, 0.25) is 0 Å². The lowest BCUT2D eigenvalue weighted by atomic mass is 10.0. The largest absolute Gasteiger partial charge is 0.304 e. The summed E-state index contributed by atoms with van der Waals surface area (Å²) in [5, 5.41) is 4.02. The second kappa shape index (κ2) is 6.74. The van der Waals surface area contributed by atoms with Crippen LogP contribution in [0.5, 0.6) is 0 Å². The Bertz CT molecular complexity index is 845. The number of carbonyl (C=O) groups is 1. The maximum absolute atomic E-state index is 12.4. The Morgan fingerprint density at radius 3 is 2.75 bits per heavy atom. The van der Waals surface area contributed by atoms with Crippen molar-refractivity contribution in [2.24, 2.45) is 7.05 Å². The van der Waals surface area contributed by atoms with Crippen molar-refractivity contribution in [1.29, 1.82) is 0 Å². The van der Waals surface area contributed by atoms with Gasteiger partial charge in [-0.05, 0) is 29.5 Å². The highest BCUT2D eigenvalue weighted by atomic mass is 32.2. The monoisotopic (exact) mass is 348 g/mol. The van der Waals surface area contributed by atoms with Crippen LogP contribution in [0.25, 0.3) is 0 Å². The topological polar surface area (TPSA) is 84.3 Å². The first-order valence-electron chi connectivity index (χ1n) is 7.79. The molecule has 0 radical (unpaired) electrons. The third-order valence-electron chi connectivity index (χ3n) is 4.08. The lowest BCUT2D eigenvalue weighted by molar-refractivity contribution is -0.119. The van der Waals surface area contributed by atoms with E-state index in [4.69, 9.17) is 0 Å². The van der Waals surface area contributed by atoms with Gasteiger partial charge in [0.15, 0.2) is 0 Å². The van der Waals surface area contributed by atoms with Crippen LogP contribution in [-0.4, -0.2) is 35.0 Å². The van der Waals surface area contributed by atoms with Crippen molar-refractivity contribution in [1.82, 2.24) is 18.8 Å². The van der Waals surface area contributed by atoms with Crippen molar-refractivity contribution >= 4 is 16.1 Å². The standard InChI is InChI=1S/C16H20N4O3S/c1-19-11-13(10-17-19)6-7-16(21)18-24(22,23)20-9-8-14-4-2-3-5-15(14)12-20/h2-5,10-11H,6-9,12H2,1H3,(H,18,21). The molecule has 1 aromatic heterocycles. The van der Waals surface area contributed by atoms with Crippen LogP contribution < -0.4 is 4.72 Å². The van der Waals surface area contributed by atoms with E-state index in [1.54, 1.807) is 17.9 Å². The van der Waals surface area contributed by atoms with E-state index in [0.717, 1.165) is 16.7 Å². The number of hydrogen-bond acceptors (Lipinski definition) is 4. The number of amides is 1. The fourth-order valence-electron chi connectivity index (χ4n) is 2.79. The summed E-state index contributed by atoms with van der Waals surface area (Å²) in [6.07, 6.45) is 4.70. The van der Waals surface area contributed by atoms with Crippen molar-refractivity contribution in [3.63, 3.8) is 0 Å². The molecule has 128 valence electrons. The van der Waals surface area contributed by atoms with Gasteiger partial charge in [0.25, 0.3) is 0 Å². The molecule has 24 heavy (non-hydrogen) atoms. The summed E-state index contributed by atoms with van der Waals surface area (Å²) < 4.78 is 29.9. The summed E-state index contributed by atoms with van der Waals surface area (Å²) in [6, 6.07) is 7.76. The van der Waals surface area contributed by atoms with Gasteiger partial charge in [0.2, 0.25) is 5.91 Å². The van der Waals surface area contributed by atoms with E-state index in [0.29, 0.717) is 25.9 Å². The van der Waals surface area contributed by atoms with Gasteiger partial charge in [0.1, 0.15) is 0 Å². The van der Waals surface area contributed by atoms with Crippen LogP contribution in [-0.2, 0) is 41.4 Å². The SMILES string of the molecule is Cn1cc(CCC(=O)NS(=O)(=O)N2CCc3ccccc3C2)cn1. The number of rotatable bonds is 5. The van der Waals surface area contributed by atoms with Crippen LogP contribution in [0, 0.1) is 0 Å². The Balaban J connectivity index is 1.58. The second-order valence-electron chi connectivity index (χ2n) is 5.90. The third-order valence-corrected chi connectivity index (χ3v) is 5.55. The molecule has 0 unspecified atom stereocenters. The number of nitrogens with zero attached hydrogens (tertiary/aromatic N) is 3. The normalized spacial score (nSPS) is 15.0. The number of benzene rings is 1. The highest BCUT2D eigenvalue weighted by Gasteiger charge is 2.27. The van der Waals surface area contributed by atoms with Gasteiger partial charge in [-0.15, -0.1) is 0 Å². The number of carbonyl (C=O) groups excluding carboxylic acids is 1. The van der Waals surface area contributed by atoms with Gasteiger partial charge >= 0.3 is 10.2 Å². The maximum atomic E-state index is 12.4. The Hall–Kier alpha value is -2.19. The summed E-state index contributed by atoms with van der Waals surface area (Å²) in [5.74, 6) is -0.502. The number of hydrogen-bond donors (Lipinski definition) is 1. The molecule has 0 saturated carbocycles. The fourth-order valence-corrected chi connectivity index (χ4v) is 3.95. The minimum Gasteiger partial charge on any atom is -0.276 e. The molecule has 0 bridgehead atoms. The van der Waals surface area contributed by atoms with Gasteiger partial charge in [-0.3, -0.25) is 9.48 Å². The molecule has 0 saturated heterocycles. The van der Waals surface area contributed by atoms with E-state index in [9.17, 15) is 13.2 Å². The van der Waals surface area contributed by atoms with Gasteiger partial charge in [0, 0.05) is 32.8 Å². The number of nitrogens with one attached hydrogen (secondary N) is 1. The fraction of sp³-hybridized carbons (Fsp3) is 0.375. The number of aromatic nitrogens is 2. The minimum atomic E-state index is -3.81. The average Bonchev–Trinajstić information content (AvgIpc) is 2.97. The molecule has 0 fully saturated rings. The molecule has 1 aromatic carbocycles. The molecule has 0 atom stereocenters. The molecule has 1 amide bonds. The molecule has 2 aromatic rings. The maximum Gasteiger partial charge on any atom is 0.304 e. The molecule has 1 aliphatic rings. The van der Waals surface area contributed by atoms with Gasteiger partial charge in [-0.25, -0.2) is 4.72 Å². The third kappa shape index (κ3) is 3.82. The van der Waals surface area contributed by atoms with Crippen molar-refractivity contribution in [2.45, 2.75) is 25.8 Å². The highest BCUT2D eigenvalue weighted by molar-refractivity contribution is 7.87. The summed E-state index contributed by atoms with van der Waals surface area (Å²) >= 11 is 0. The van der Waals surface area contributed by atoms with Crippen molar-refractivity contribution < 1.29 is 13.2 Å². The van der Waals surface area contributed by atoms with E-state index < -0.39 is 16.1 Å². The number of fused-ring (bicyclic) bond motifs is 1. The molecular weight excluding hydrogens is 328 g/mol. The van der Waals surface area contributed by atoms with Crippen LogP contribution in [0.15, 0.2) is 36.7 Å². The zero-order valence-electron chi connectivity index (χ0n) is 13.5. The van der Waals surface area contributed by atoms with Crippen LogP contribution in [0.4, 0.5) is 0 Å². The summed E-state index contributed by atoms with van der Waals surface area (Å²) in [5.41, 5.74) is 3.04. The van der Waals surface area contributed by atoms with Gasteiger partial charge in [0.05, 0.1) is 6.20 Å². The zero-order chi connectivity index (χ0) is 17.2. The molecule has 3 rings (SSSR count). The lowest BCUT2D eigenvalue weighted by Crippen LogP contribution is -2.45. The van der Waals surface area contributed by atoms with Crippen molar-refractivity contribution in [3.8, 4) is 0 Å². The molecule has 0 spiro atoms. The van der Waals surface area contributed by atoms with Crippen LogP contribution in [0.3, 0.4) is 0 Å². The average molecular weight is 348 g/mol. The second-order valence-corrected chi connectivity index (χ2v) is 7.58. The van der Waals surface area contributed by atoms with E-state index in [2.05, 4.69) is 9.82 Å². The minimum absolute atomic E-state index is 0.106. The van der Waals surface area contributed by atoms with Gasteiger partial charge in [-0.2, -0.15) is 17.8 Å². The lowest BCUT2D eigenvalue weighted by Gasteiger charge is -2.27. The molecule has 1 N–H and O–H groups in total. The molecular formula is C16H20N4O3S. The summed E-state index contributed by atoms with van der Waals surface area (Å²) in [6.45, 7) is 0.670. The Morgan fingerprint density at radius 1 is 1.29 bits per heavy atom. The molecule has 0 aliphatic carbocycles. The Labute approximate surface area is 141 Å². The first-order valence-corrected chi connectivity index (χ1v) is 9.23. The van der Waals surface area contributed by atoms with Crippen molar-refractivity contribution in [2.75, 3.05) is 6.54 Å². The molecule has 2 heterocycles. The van der Waals surface area contributed by atoms with E-state index in [1.807, 2.05) is 30.5 Å². The van der Waals surface area contributed by atoms with Crippen LogP contribution >= 0.6 is 0 Å². The van der Waals surface area contributed by atoms with E-state index in [-0.39, 0.29) is 6.42 Å². The van der Waals surface area contributed by atoms with Gasteiger partial charge in [-0.1, -0.05) is 24.3 Å². The van der Waals surface area contributed by atoms with E-state index in [1.165, 1.54) is 4.31 Å². The Morgan fingerprint density at radius 2 is 2.04 bits per heavy atom. The molecule has 1 aliphatic heterocycles. The van der Waals surface area contributed by atoms with Crippen LogP contribution in [0.1, 0.15) is 23.1 Å². The number of aryl methyl sites for hydroxylation is 2. The van der Waals surface area contributed by atoms with Gasteiger partial charge < -0.3 is 0 Å². The van der Waals surface area contributed by atoms with Crippen molar-refractivity contribution in [3.05, 3.63) is 53.3 Å². The Kier molecular flexibility index (Phi) is 4.68. The molecule has 8 heteroatoms. The summed E-state index contributed by atoms with van der Waals surface area (Å²) in [4.78, 5) is 12.0. The predicted molar refractivity (Wildman–Crippen MR) is 89.1 cm³/mol. The first-order chi connectivity index (χ1) is 11.4. The zero-order valence-corrected chi connectivity index (χ0v) is 14.3. The molecule has 7 nitrogen and oxygen atoms in total. The first kappa shape index (κ1) is 16.7. The predicted octanol–water partition coefficient (Wildman–Crippen LogP) is 0.772. The van der Waals surface area contributed by atoms with E-state index >= 15 is 0 Å². The smallest absolute Gasteiger partial charge is 0.276 e.